The molecule has 16 heteroatoms. The monoisotopic (exact) mass is 822 g/mol. The Morgan fingerprint density at radius 1 is 0.981 bits per heavy atom. The minimum atomic E-state index is -4.42. The van der Waals surface area contributed by atoms with Crippen molar-refractivity contribution < 1.29 is 42.1 Å². The Balaban J connectivity index is 1.79. The number of amides is 3. The normalized spacial score (nSPS) is 14.1. The Bertz CT molecular complexity index is 1780. The maximum absolute atomic E-state index is 15.0. The van der Waals surface area contributed by atoms with Crippen LogP contribution in [0.3, 0.4) is 0 Å². The van der Waals surface area contributed by atoms with Crippen molar-refractivity contribution in [2.45, 2.75) is 69.5 Å². The molecule has 1 fully saturated rings. The number of carboxylic acid groups (broad SMARTS) is 1. The molecular formula is C36H44BrClN4O9S. The molecule has 2 atom stereocenters. The van der Waals surface area contributed by atoms with Gasteiger partial charge in [0.2, 0.25) is 15.9 Å². The standard InChI is InChI=1S/C36H44BrClN4O9S/c1-5-50-33(51-6-2)23-40(28-17-18-28)34(43)24(3)42(29-15-12-26(37)13-16-29)35(44)30(41(36(45)46)22-25-10-8-7-9-11-25)21-39-52(47,48)32-20-27(38)14-19-31(32)49-4/h7-16,19-20,24,28,30,33,39H,5-6,17-18,21-23H2,1-4H3,(H,45,46). The smallest absolute Gasteiger partial charge is 0.408 e. The van der Waals surface area contributed by atoms with Crippen LogP contribution in [-0.4, -0.2) is 99.1 Å². The number of halogens is 2. The lowest BCUT2D eigenvalue weighted by molar-refractivity contribution is -0.160. The number of sulfonamides is 1. The molecule has 0 aliphatic heterocycles. The average Bonchev–Trinajstić information content (AvgIpc) is 3.97. The van der Waals surface area contributed by atoms with E-state index < -0.39 is 52.8 Å². The van der Waals surface area contributed by atoms with Crippen molar-refractivity contribution in [3.8, 4) is 5.75 Å². The van der Waals surface area contributed by atoms with E-state index in [0.29, 0.717) is 28.9 Å². The predicted molar refractivity (Wildman–Crippen MR) is 200 cm³/mol. The van der Waals surface area contributed by atoms with Crippen molar-refractivity contribution in [2.24, 2.45) is 0 Å². The van der Waals surface area contributed by atoms with Crippen molar-refractivity contribution in [1.29, 1.82) is 0 Å². The number of nitrogens with one attached hydrogen (secondary N) is 1. The highest BCUT2D eigenvalue weighted by molar-refractivity contribution is 9.10. The molecule has 1 aliphatic rings. The quantitative estimate of drug-likeness (QED) is 0.144. The van der Waals surface area contributed by atoms with Crippen LogP contribution in [0, 0.1) is 0 Å². The lowest BCUT2D eigenvalue weighted by Crippen LogP contribution is -2.60. The molecule has 2 unspecified atom stereocenters. The molecule has 3 aromatic carbocycles. The van der Waals surface area contributed by atoms with Crippen LogP contribution in [0.5, 0.6) is 5.75 Å². The summed E-state index contributed by atoms with van der Waals surface area (Å²) in [5.41, 5.74) is 0.851. The van der Waals surface area contributed by atoms with E-state index in [1.54, 1.807) is 66.4 Å². The van der Waals surface area contributed by atoms with E-state index >= 15 is 0 Å². The SMILES string of the molecule is CCOC(CN(C(=O)C(C)N(C(=O)C(CNS(=O)(=O)c1cc(Cl)ccc1OC)N(Cc1ccccc1)C(=O)O)c1ccc(Br)cc1)C1CC1)OCC. The van der Waals surface area contributed by atoms with Crippen molar-refractivity contribution in [1.82, 2.24) is 14.5 Å². The van der Waals surface area contributed by atoms with Gasteiger partial charge in [0.1, 0.15) is 22.7 Å². The average molecular weight is 824 g/mol. The topological polar surface area (TPSA) is 155 Å². The van der Waals surface area contributed by atoms with Crippen LogP contribution in [0.1, 0.15) is 39.2 Å². The fourth-order valence-electron chi connectivity index (χ4n) is 5.69. The first kappa shape index (κ1) is 41.0. The third-order valence-corrected chi connectivity index (χ3v) is 10.6. The second kappa shape index (κ2) is 18.9. The molecule has 4 rings (SSSR count). The molecule has 1 aliphatic carbocycles. The minimum absolute atomic E-state index is 0.00700. The lowest BCUT2D eigenvalue weighted by Gasteiger charge is -2.38. The Kier molecular flexibility index (Phi) is 14.9. The van der Waals surface area contributed by atoms with E-state index in [4.69, 9.17) is 25.8 Å². The highest BCUT2D eigenvalue weighted by Gasteiger charge is 2.42. The number of benzene rings is 3. The summed E-state index contributed by atoms with van der Waals surface area (Å²) in [6, 6.07) is 16.4. The summed E-state index contributed by atoms with van der Waals surface area (Å²) in [5, 5.41) is 10.7. The van der Waals surface area contributed by atoms with Gasteiger partial charge in [-0.1, -0.05) is 57.9 Å². The van der Waals surface area contributed by atoms with E-state index in [1.807, 2.05) is 13.8 Å². The molecule has 3 aromatic rings. The molecule has 52 heavy (non-hydrogen) atoms. The summed E-state index contributed by atoms with van der Waals surface area (Å²) in [5.74, 6) is -1.24. The minimum Gasteiger partial charge on any atom is -0.495 e. The summed E-state index contributed by atoms with van der Waals surface area (Å²) < 4.78 is 47.3. The van der Waals surface area contributed by atoms with Crippen LogP contribution >= 0.6 is 27.5 Å². The molecule has 0 aromatic heterocycles. The zero-order valence-corrected chi connectivity index (χ0v) is 32.6. The second-order valence-electron chi connectivity index (χ2n) is 12.0. The molecule has 2 N–H and O–H groups in total. The highest BCUT2D eigenvalue weighted by Crippen LogP contribution is 2.31. The van der Waals surface area contributed by atoms with Gasteiger partial charge in [-0.25, -0.2) is 17.9 Å². The molecule has 13 nitrogen and oxygen atoms in total. The van der Waals surface area contributed by atoms with Gasteiger partial charge in [-0.05, 0) is 81.6 Å². The number of carbonyl (C=O) groups is 3. The molecule has 0 bridgehead atoms. The van der Waals surface area contributed by atoms with Gasteiger partial charge in [-0.2, -0.15) is 0 Å². The van der Waals surface area contributed by atoms with Crippen molar-refractivity contribution in [3.05, 3.63) is 87.9 Å². The second-order valence-corrected chi connectivity index (χ2v) is 15.1. The van der Waals surface area contributed by atoms with Crippen molar-refractivity contribution in [2.75, 3.05) is 38.3 Å². The van der Waals surface area contributed by atoms with Crippen LogP contribution in [0.4, 0.5) is 10.5 Å². The molecule has 282 valence electrons. The summed E-state index contributed by atoms with van der Waals surface area (Å²) in [7, 11) is -3.12. The summed E-state index contributed by atoms with van der Waals surface area (Å²) in [4.78, 5) is 45.8. The van der Waals surface area contributed by atoms with E-state index in [0.717, 1.165) is 17.7 Å². The van der Waals surface area contributed by atoms with Gasteiger partial charge in [0.05, 0.1) is 13.7 Å². The third-order valence-electron chi connectivity index (χ3n) is 8.39. The Labute approximate surface area is 317 Å². The summed E-state index contributed by atoms with van der Waals surface area (Å²) in [6.45, 7) is 5.12. The fraction of sp³-hybridized carbons (Fsp3) is 0.417. The fourth-order valence-corrected chi connectivity index (χ4v) is 7.43. The lowest BCUT2D eigenvalue weighted by atomic mass is 10.1. The summed E-state index contributed by atoms with van der Waals surface area (Å²) in [6.07, 6.45) is -0.650. The Morgan fingerprint density at radius 2 is 1.62 bits per heavy atom. The van der Waals surface area contributed by atoms with Crippen molar-refractivity contribution >= 4 is 61.1 Å². The zero-order valence-electron chi connectivity index (χ0n) is 29.4. The van der Waals surface area contributed by atoms with Crippen LogP contribution in [0.15, 0.2) is 82.2 Å². The number of nitrogens with zero attached hydrogens (tertiary/aromatic N) is 3. The first-order valence-electron chi connectivity index (χ1n) is 16.8. The molecule has 3 amide bonds. The van der Waals surface area contributed by atoms with E-state index in [9.17, 15) is 27.9 Å². The highest BCUT2D eigenvalue weighted by atomic mass is 79.9. The van der Waals surface area contributed by atoms with Gasteiger partial charge < -0.3 is 24.2 Å². The van der Waals surface area contributed by atoms with Gasteiger partial charge in [0, 0.05) is 47.5 Å². The number of ether oxygens (including phenoxy) is 3. The van der Waals surface area contributed by atoms with Gasteiger partial charge >= 0.3 is 6.09 Å². The molecule has 0 heterocycles. The van der Waals surface area contributed by atoms with E-state index in [1.165, 1.54) is 30.2 Å². The van der Waals surface area contributed by atoms with Gasteiger partial charge in [0.15, 0.2) is 6.29 Å². The molecule has 0 radical (unpaired) electrons. The predicted octanol–water partition coefficient (Wildman–Crippen LogP) is 5.75. The summed E-state index contributed by atoms with van der Waals surface area (Å²) >= 11 is 9.54. The number of hydrogen-bond acceptors (Lipinski definition) is 8. The first-order chi connectivity index (χ1) is 24.8. The Hall–Kier alpha value is -3.73. The Morgan fingerprint density at radius 3 is 2.17 bits per heavy atom. The van der Waals surface area contributed by atoms with Gasteiger partial charge in [0.25, 0.3) is 5.91 Å². The molecular weight excluding hydrogens is 780 g/mol. The molecule has 0 spiro atoms. The van der Waals surface area contributed by atoms with E-state index in [-0.39, 0.29) is 34.8 Å². The number of hydrogen-bond donors (Lipinski definition) is 2. The number of methoxy groups -OCH3 is 1. The first-order valence-corrected chi connectivity index (χ1v) is 19.5. The maximum atomic E-state index is 15.0. The van der Waals surface area contributed by atoms with Crippen LogP contribution < -0.4 is 14.4 Å². The van der Waals surface area contributed by atoms with Crippen LogP contribution in [0.25, 0.3) is 0 Å². The van der Waals surface area contributed by atoms with Gasteiger partial charge in [-0.3, -0.25) is 19.4 Å². The molecule has 1 saturated carbocycles. The van der Waals surface area contributed by atoms with Gasteiger partial charge in [-0.15, -0.1) is 0 Å². The third kappa shape index (κ3) is 10.7. The number of anilines is 1. The molecule has 0 saturated heterocycles. The van der Waals surface area contributed by atoms with E-state index in [2.05, 4.69) is 20.7 Å². The maximum Gasteiger partial charge on any atom is 0.408 e. The zero-order chi connectivity index (χ0) is 38.0. The number of rotatable bonds is 19. The number of carbonyl (C=O) groups excluding carboxylic acids is 2. The van der Waals surface area contributed by atoms with Crippen LogP contribution in [-0.2, 0) is 35.6 Å². The largest absolute Gasteiger partial charge is 0.495 e. The van der Waals surface area contributed by atoms with Crippen molar-refractivity contribution in [3.63, 3.8) is 0 Å². The van der Waals surface area contributed by atoms with Crippen LogP contribution in [0.2, 0.25) is 5.02 Å².